The number of rotatable bonds is 29. The van der Waals surface area contributed by atoms with Crippen LogP contribution in [-0.4, -0.2) is 12.6 Å². The van der Waals surface area contributed by atoms with Gasteiger partial charge in [-0.1, -0.05) is 161 Å². The summed E-state index contributed by atoms with van der Waals surface area (Å²) in [5.74, 6) is 3.17. The van der Waals surface area contributed by atoms with Crippen LogP contribution in [0.1, 0.15) is 170 Å². The molecule has 0 amide bonds. The molecule has 0 rings (SSSR count). The van der Waals surface area contributed by atoms with Crippen LogP contribution in [0.5, 0.6) is 0 Å². The molecule has 0 aromatic rings. The molecule has 0 heterocycles. The molecular weight excluding hydrogens is 512 g/mol. The molecule has 0 aliphatic rings. The Morgan fingerprint density at radius 2 is 0.952 bits per heavy atom. The van der Waals surface area contributed by atoms with E-state index in [4.69, 9.17) is 4.74 Å². The monoisotopic (exact) mass is 585 g/mol. The van der Waals surface area contributed by atoms with E-state index in [2.05, 4.69) is 90.2 Å². The quantitative estimate of drug-likeness (QED) is 0.0496. The van der Waals surface area contributed by atoms with Crippen molar-refractivity contribution in [1.82, 2.24) is 0 Å². The molecule has 42 heavy (non-hydrogen) atoms. The Balaban J connectivity index is 3.62. The Hall–Kier alpha value is -1.57. The van der Waals surface area contributed by atoms with Crippen molar-refractivity contribution < 1.29 is 9.53 Å². The number of carbonyl (C=O) groups is 1. The zero-order valence-electron chi connectivity index (χ0n) is 29.1. The average molecular weight is 585 g/mol. The summed E-state index contributed by atoms with van der Waals surface area (Å²) in [6.07, 6.45) is 41.6. The van der Waals surface area contributed by atoms with Gasteiger partial charge in [0, 0.05) is 6.42 Å². The van der Waals surface area contributed by atoms with Crippen LogP contribution in [0.15, 0.2) is 48.6 Å². The second-order valence-electron chi connectivity index (χ2n) is 13.5. The Bertz CT molecular complexity index is 698. The first-order chi connectivity index (χ1) is 20.3. The third kappa shape index (κ3) is 31.4. The van der Waals surface area contributed by atoms with Crippen molar-refractivity contribution in [3.63, 3.8) is 0 Å². The van der Waals surface area contributed by atoms with E-state index in [0.717, 1.165) is 56.3 Å². The number of allylic oxidation sites excluding steroid dienone is 8. The van der Waals surface area contributed by atoms with Gasteiger partial charge in [0.25, 0.3) is 0 Å². The molecular formula is C40H72O2. The van der Waals surface area contributed by atoms with Crippen molar-refractivity contribution in [3.8, 4) is 0 Å². The maximum absolute atomic E-state index is 12.1. The molecule has 0 aliphatic heterocycles. The van der Waals surface area contributed by atoms with Gasteiger partial charge in [-0.15, -0.1) is 0 Å². The molecule has 0 radical (unpaired) electrons. The van der Waals surface area contributed by atoms with Crippen LogP contribution in [0.4, 0.5) is 0 Å². The lowest BCUT2D eigenvalue weighted by Crippen LogP contribution is -2.09. The molecule has 3 atom stereocenters. The third-order valence-corrected chi connectivity index (χ3v) is 8.35. The number of carbonyl (C=O) groups excluding carboxylic acids is 1. The van der Waals surface area contributed by atoms with Crippen molar-refractivity contribution in [2.75, 3.05) is 6.61 Å². The Kier molecular flexibility index (Phi) is 29.7. The van der Waals surface area contributed by atoms with Gasteiger partial charge < -0.3 is 4.74 Å². The largest absolute Gasteiger partial charge is 0.466 e. The number of hydrogen-bond donors (Lipinski definition) is 0. The molecule has 0 saturated heterocycles. The number of unbranched alkanes of at least 4 members (excludes halogenated alkanes) is 4. The van der Waals surface area contributed by atoms with Crippen LogP contribution in [0.3, 0.4) is 0 Å². The van der Waals surface area contributed by atoms with Crippen molar-refractivity contribution in [2.45, 2.75) is 170 Å². The number of hydrogen-bond acceptors (Lipinski definition) is 2. The highest BCUT2D eigenvalue weighted by Crippen LogP contribution is 2.22. The first-order valence-corrected chi connectivity index (χ1v) is 18.1. The fraction of sp³-hybridized carbons (Fsp3) is 0.775. The minimum absolute atomic E-state index is 0.0369. The van der Waals surface area contributed by atoms with Crippen LogP contribution >= 0.6 is 0 Å². The minimum atomic E-state index is -0.0369. The van der Waals surface area contributed by atoms with Crippen LogP contribution in [0, 0.1) is 23.7 Å². The smallest absolute Gasteiger partial charge is 0.305 e. The van der Waals surface area contributed by atoms with E-state index >= 15 is 0 Å². The predicted molar refractivity (Wildman–Crippen MR) is 188 cm³/mol. The Morgan fingerprint density at radius 3 is 1.43 bits per heavy atom. The first kappa shape index (κ1) is 40.4. The summed E-state index contributed by atoms with van der Waals surface area (Å²) in [5, 5.41) is 0. The normalized spacial score (nSPS) is 14.6. The average Bonchev–Trinajstić information content (AvgIpc) is 2.94. The third-order valence-electron chi connectivity index (χ3n) is 8.35. The molecule has 2 nitrogen and oxygen atoms in total. The Morgan fingerprint density at radius 1 is 0.524 bits per heavy atom. The molecule has 0 bridgehead atoms. The SMILES string of the molecule is CCCCC/C=C\C/C=C\C/C=C\C/C=C\CCCC(=O)OCCC(C)CCCC(C)CCCC(C)CCCC(C)C. The van der Waals surface area contributed by atoms with Gasteiger partial charge in [-0.2, -0.15) is 0 Å². The lowest BCUT2D eigenvalue weighted by Gasteiger charge is -2.16. The van der Waals surface area contributed by atoms with Gasteiger partial charge >= 0.3 is 5.97 Å². The summed E-state index contributed by atoms with van der Waals surface area (Å²) in [6, 6.07) is 0. The molecule has 0 fully saturated rings. The molecule has 0 aliphatic carbocycles. The van der Waals surface area contributed by atoms with Gasteiger partial charge in [-0.05, 0) is 75.0 Å². The molecule has 0 spiro atoms. The standard InChI is InChI=1S/C40H72O2/c1-7-8-9-10-11-12-13-14-15-16-17-18-19-20-21-22-23-33-40(41)42-35-34-39(6)32-26-31-38(5)30-25-29-37(4)28-24-27-36(2)3/h11-12,14-15,17-18,20-21,36-39H,7-10,13,16,19,22-35H2,1-6H3/b12-11-,15-14-,18-17-,21-20-. The lowest BCUT2D eigenvalue weighted by molar-refractivity contribution is -0.144. The van der Waals surface area contributed by atoms with E-state index in [1.807, 2.05) is 0 Å². The molecule has 244 valence electrons. The van der Waals surface area contributed by atoms with Gasteiger partial charge in [0.1, 0.15) is 0 Å². The molecule has 0 aromatic heterocycles. The van der Waals surface area contributed by atoms with E-state index in [1.165, 1.54) is 83.5 Å². The van der Waals surface area contributed by atoms with Gasteiger partial charge in [0.2, 0.25) is 0 Å². The van der Waals surface area contributed by atoms with Gasteiger partial charge in [0.15, 0.2) is 0 Å². The summed E-state index contributed by atoms with van der Waals surface area (Å²) in [7, 11) is 0. The van der Waals surface area contributed by atoms with Crippen LogP contribution < -0.4 is 0 Å². The predicted octanol–water partition coefficient (Wildman–Crippen LogP) is 13.1. The zero-order valence-corrected chi connectivity index (χ0v) is 29.1. The maximum Gasteiger partial charge on any atom is 0.305 e. The van der Waals surface area contributed by atoms with Crippen molar-refractivity contribution in [3.05, 3.63) is 48.6 Å². The summed E-state index contributed by atoms with van der Waals surface area (Å²) in [4.78, 5) is 12.1. The summed E-state index contributed by atoms with van der Waals surface area (Å²) in [6.45, 7) is 14.7. The molecule has 0 N–H and O–H groups in total. The fourth-order valence-corrected chi connectivity index (χ4v) is 5.31. The molecule has 0 saturated carbocycles. The summed E-state index contributed by atoms with van der Waals surface area (Å²) in [5.41, 5.74) is 0. The van der Waals surface area contributed by atoms with Crippen molar-refractivity contribution in [2.24, 2.45) is 23.7 Å². The van der Waals surface area contributed by atoms with Crippen molar-refractivity contribution in [1.29, 1.82) is 0 Å². The topological polar surface area (TPSA) is 26.3 Å². The second-order valence-corrected chi connectivity index (χ2v) is 13.5. The van der Waals surface area contributed by atoms with E-state index in [1.54, 1.807) is 0 Å². The van der Waals surface area contributed by atoms with E-state index in [-0.39, 0.29) is 5.97 Å². The lowest BCUT2D eigenvalue weighted by atomic mass is 9.91. The molecule has 2 heteroatoms. The minimum Gasteiger partial charge on any atom is -0.466 e. The highest BCUT2D eigenvalue weighted by atomic mass is 16.5. The van der Waals surface area contributed by atoms with E-state index in [0.29, 0.717) is 18.9 Å². The van der Waals surface area contributed by atoms with Gasteiger partial charge in [-0.3, -0.25) is 4.79 Å². The summed E-state index contributed by atoms with van der Waals surface area (Å²) < 4.78 is 5.50. The van der Waals surface area contributed by atoms with Crippen LogP contribution in [0.25, 0.3) is 0 Å². The maximum atomic E-state index is 12.1. The van der Waals surface area contributed by atoms with Crippen LogP contribution in [-0.2, 0) is 9.53 Å². The number of ether oxygens (including phenoxy) is 1. The van der Waals surface area contributed by atoms with Crippen LogP contribution in [0.2, 0.25) is 0 Å². The molecule has 3 unspecified atom stereocenters. The zero-order chi connectivity index (χ0) is 31.1. The fourth-order valence-electron chi connectivity index (χ4n) is 5.31. The van der Waals surface area contributed by atoms with Gasteiger partial charge in [0.05, 0.1) is 6.61 Å². The summed E-state index contributed by atoms with van der Waals surface area (Å²) >= 11 is 0. The van der Waals surface area contributed by atoms with Gasteiger partial charge in [-0.25, -0.2) is 0 Å². The first-order valence-electron chi connectivity index (χ1n) is 18.1. The number of esters is 1. The van der Waals surface area contributed by atoms with E-state index in [9.17, 15) is 4.79 Å². The highest BCUT2D eigenvalue weighted by Gasteiger charge is 2.09. The van der Waals surface area contributed by atoms with Crippen molar-refractivity contribution >= 4 is 5.97 Å². The molecule has 0 aromatic carbocycles. The highest BCUT2D eigenvalue weighted by molar-refractivity contribution is 5.69. The van der Waals surface area contributed by atoms with E-state index < -0.39 is 0 Å². The second kappa shape index (κ2) is 30.9. The Labute approximate surface area is 263 Å².